The molecule has 0 radical (unpaired) electrons. The molecular weight excluding hydrogens is 1340 g/mol. The Balaban J connectivity index is 0.833. The van der Waals surface area contributed by atoms with Crippen LogP contribution in [0.3, 0.4) is 0 Å². The van der Waals surface area contributed by atoms with Gasteiger partial charge in [-0.05, 0) is 60.2 Å². The number of hydrogen-bond acceptors (Lipinski definition) is 21. The molecule has 33 nitrogen and oxygen atoms in total. The molecule has 2 aromatic heterocycles. The van der Waals surface area contributed by atoms with Crippen LogP contribution in [0.4, 0.5) is 25.8 Å². The van der Waals surface area contributed by atoms with Crippen LogP contribution in [0.5, 0.6) is 23.0 Å². The number of halogens is 1. The van der Waals surface area contributed by atoms with E-state index >= 15 is 0 Å². The maximum absolute atomic E-state index is 14.6. The minimum Gasteiger partial charge on any atom is -0.493 e. The van der Waals surface area contributed by atoms with E-state index in [2.05, 4.69) is 36.6 Å². The summed E-state index contributed by atoms with van der Waals surface area (Å²) in [4.78, 5) is 153. The SMILES string of the molecule is COC(=O)c1cc2c3c(cc(OC(=O)N(C)CCN(C)C(=O)OCc4ccc(NC(=O)[C@H](CCCNC(N)=O)NC(=O)C(NC(=O)CCOCCOCCOCCOCCNC(=O)CCN5C(=O)C=CC5=O)C(C)C)cc4)c2[nH]1)N(C(=O)c1cc2cc(OC)c(OC)c(OC)c2[nH]1)C[C@H]3CCl. The smallest absolute Gasteiger partial charge is 0.415 e. The largest absolute Gasteiger partial charge is 0.493 e. The fourth-order valence-electron chi connectivity index (χ4n) is 10.8. The van der Waals surface area contributed by atoms with E-state index in [0.29, 0.717) is 62.6 Å². The highest BCUT2D eigenvalue weighted by Crippen LogP contribution is 2.48. The van der Waals surface area contributed by atoms with Crippen LogP contribution in [0.2, 0.25) is 0 Å². The first-order chi connectivity index (χ1) is 48.5. The molecule has 5 aromatic rings. The van der Waals surface area contributed by atoms with Crippen LogP contribution in [-0.2, 0) is 63.8 Å². The molecule has 548 valence electrons. The molecule has 0 bridgehead atoms. The van der Waals surface area contributed by atoms with Gasteiger partial charge in [-0.2, -0.15) is 0 Å². The van der Waals surface area contributed by atoms with E-state index in [0.717, 1.165) is 17.1 Å². The number of rotatable bonds is 40. The number of nitrogens with two attached hydrogens (primary N) is 1. The van der Waals surface area contributed by atoms with E-state index in [9.17, 15) is 52.7 Å². The molecule has 11 amide bonds. The Labute approximate surface area is 586 Å². The maximum atomic E-state index is 14.6. The highest BCUT2D eigenvalue weighted by Gasteiger charge is 2.38. The predicted molar refractivity (Wildman–Crippen MR) is 366 cm³/mol. The summed E-state index contributed by atoms with van der Waals surface area (Å²) in [7, 11) is 8.58. The van der Waals surface area contributed by atoms with Crippen LogP contribution >= 0.6 is 11.6 Å². The van der Waals surface area contributed by atoms with Gasteiger partial charge in [0.2, 0.25) is 29.4 Å². The first-order valence-electron chi connectivity index (χ1n) is 32.4. The van der Waals surface area contributed by atoms with Crippen LogP contribution in [0, 0.1) is 5.92 Å². The molecule has 2 aliphatic heterocycles. The average molecular weight is 1430 g/mol. The minimum absolute atomic E-state index is 0.00158. The number of hydrogen-bond donors (Lipinski definition) is 8. The third-order valence-corrected chi connectivity index (χ3v) is 16.5. The number of likely N-dealkylation sites (N-methyl/N-ethyl adjacent to an activating group) is 2. The highest BCUT2D eigenvalue weighted by atomic mass is 35.5. The molecule has 0 fully saturated rings. The quantitative estimate of drug-likeness (QED) is 0.0119. The summed E-state index contributed by atoms with van der Waals surface area (Å²) in [5.74, 6) is -3.72. The van der Waals surface area contributed by atoms with Crippen LogP contribution in [0.15, 0.2) is 60.7 Å². The molecular formula is C67H87ClN12O21. The number of carbonyl (C=O) groups is 11. The third kappa shape index (κ3) is 21.6. The predicted octanol–water partition coefficient (Wildman–Crippen LogP) is 4.04. The van der Waals surface area contributed by atoms with Crippen LogP contribution < -0.4 is 56.2 Å². The van der Waals surface area contributed by atoms with Gasteiger partial charge in [-0.15, -0.1) is 11.6 Å². The Morgan fingerprint density at radius 1 is 0.683 bits per heavy atom. The molecule has 0 spiro atoms. The lowest BCUT2D eigenvalue weighted by atomic mass is 9.98. The van der Waals surface area contributed by atoms with Crippen molar-refractivity contribution in [3.63, 3.8) is 0 Å². The van der Waals surface area contributed by atoms with Crippen LogP contribution in [-0.4, -0.2) is 243 Å². The zero-order valence-electron chi connectivity index (χ0n) is 57.5. The molecule has 0 aliphatic carbocycles. The van der Waals surface area contributed by atoms with E-state index in [1.54, 1.807) is 56.3 Å². The van der Waals surface area contributed by atoms with Gasteiger partial charge in [0.1, 0.15) is 30.1 Å². The number of aromatic nitrogens is 2. The lowest BCUT2D eigenvalue weighted by molar-refractivity contribution is -0.137. The Kier molecular flexibility index (Phi) is 29.7. The van der Waals surface area contributed by atoms with Gasteiger partial charge in [-0.1, -0.05) is 26.0 Å². The maximum Gasteiger partial charge on any atom is 0.415 e. The third-order valence-electron chi connectivity index (χ3n) is 16.2. The Morgan fingerprint density at radius 2 is 1.32 bits per heavy atom. The van der Waals surface area contributed by atoms with Gasteiger partial charge in [0.25, 0.3) is 17.7 Å². The van der Waals surface area contributed by atoms with Gasteiger partial charge in [-0.3, -0.25) is 38.5 Å². The van der Waals surface area contributed by atoms with Crippen molar-refractivity contribution in [1.82, 2.24) is 45.9 Å². The summed E-state index contributed by atoms with van der Waals surface area (Å²) in [6, 6.07) is 9.91. The number of primary amides is 1. The molecule has 0 saturated carbocycles. The van der Waals surface area contributed by atoms with Crippen LogP contribution in [0.25, 0.3) is 21.8 Å². The van der Waals surface area contributed by atoms with Gasteiger partial charge in [0.05, 0.1) is 98.0 Å². The van der Waals surface area contributed by atoms with Crippen molar-refractivity contribution in [2.24, 2.45) is 11.7 Å². The highest BCUT2D eigenvalue weighted by molar-refractivity contribution is 6.20. The standard InChI is InChI=1S/C67H87ClN12O21/c1-39(2)56(76-52(82)18-24-96-26-28-98-30-31-99-29-27-97-25-20-70-51(81)17-21-79-53(83)15-16-54(79)84)62(86)75-45(10-9-19-71-65(69)89)61(85)72-43-13-11-40(12-14-43)38-100-66(90)77(3)22-23-78(4)67(91)101-49-35-48-55(44-34-47(64(88)95-8)74-58(44)49)42(36-68)37-80(48)63(87)46-32-41-33-50(92-5)59(93-6)60(94-7)57(41)73-46/h11-16,32-35,39,42,45,56,73-74H,9-10,17-31,36-38H2,1-8H3,(H,70,81)(H,72,85)(H,75,86)(H,76,82)(H3,69,71,89)/t42-,45+,56?/m1/s1. The number of imide groups is 1. The number of benzene rings is 3. The number of H-pyrrole nitrogens is 2. The second kappa shape index (κ2) is 38.4. The Bertz CT molecular complexity index is 3790. The number of fused-ring (bicyclic) bond motifs is 4. The van der Waals surface area contributed by atoms with Gasteiger partial charge in [0, 0.05) is 113 Å². The van der Waals surface area contributed by atoms with Crippen molar-refractivity contribution in [3.05, 3.63) is 83.2 Å². The number of esters is 1. The fraction of sp³-hybridized carbons (Fsp3) is 0.478. The van der Waals surface area contributed by atoms with Crippen LogP contribution in [0.1, 0.15) is 77.6 Å². The van der Waals surface area contributed by atoms with Crippen molar-refractivity contribution in [1.29, 1.82) is 0 Å². The van der Waals surface area contributed by atoms with E-state index in [1.807, 2.05) is 0 Å². The molecule has 4 heterocycles. The molecule has 7 rings (SSSR count). The minimum atomic E-state index is -1.12. The molecule has 1 unspecified atom stereocenters. The summed E-state index contributed by atoms with van der Waals surface area (Å²) in [5, 5.41) is 14.4. The number of anilines is 2. The van der Waals surface area contributed by atoms with Crippen molar-refractivity contribution < 1.29 is 100 Å². The van der Waals surface area contributed by atoms with Gasteiger partial charge in [-0.25, -0.2) is 19.2 Å². The summed E-state index contributed by atoms with van der Waals surface area (Å²) in [6.07, 6.45) is 1.000. The number of nitrogens with one attached hydrogen (secondary N) is 7. The molecule has 101 heavy (non-hydrogen) atoms. The van der Waals surface area contributed by atoms with E-state index in [4.69, 9.17) is 64.7 Å². The number of aromatic amines is 2. The van der Waals surface area contributed by atoms with E-state index in [-0.39, 0.29) is 152 Å². The number of alkyl halides is 1. The molecule has 0 saturated heterocycles. The number of methoxy groups -OCH3 is 4. The second-order valence-electron chi connectivity index (χ2n) is 23.5. The number of nitrogens with zero attached hydrogens (tertiary/aromatic N) is 4. The number of ether oxygens (including phenoxy) is 10. The van der Waals surface area contributed by atoms with Crippen molar-refractivity contribution in [2.45, 2.75) is 64.1 Å². The number of amides is 11. The van der Waals surface area contributed by atoms with E-state index in [1.165, 1.54) is 63.3 Å². The first-order valence-corrected chi connectivity index (χ1v) is 33.0. The van der Waals surface area contributed by atoms with Gasteiger partial charge in [0.15, 0.2) is 17.2 Å². The number of urea groups is 1. The summed E-state index contributed by atoms with van der Waals surface area (Å²) in [5.41, 5.74) is 8.15. The normalized spacial score (nSPS) is 13.7. The second-order valence-corrected chi connectivity index (χ2v) is 23.8. The zero-order valence-corrected chi connectivity index (χ0v) is 58.3. The van der Waals surface area contributed by atoms with Gasteiger partial charge < -0.3 is 104 Å². The van der Waals surface area contributed by atoms with Crippen molar-refractivity contribution in [2.75, 3.05) is 151 Å². The average Bonchev–Trinajstić information content (AvgIpc) is 1.58. The lowest BCUT2D eigenvalue weighted by Gasteiger charge is -2.25. The summed E-state index contributed by atoms with van der Waals surface area (Å²) in [6.45, 7) is 5.59. The van der Waals surface area contributed by atoms with Crippen molar-refractivity contribution in [3.8, 4) is 23.0 Å². The summed E-state index contributed by atoms with van der Waals surface area (Å²) < 4.78 is 55.3. The monoisotopic (exact) mass is 1430 g/mol. The topological polar surface area (TPSA) is 411 Å². The van der Waals surface area contributed by atoms with E-state index < -0.39 is 83.5 Å². The zero-order chi connectivity index (χ0) is 73.3. The molecule has 3 atom stereocenters. The molecule has 9 N–H and O–H groups in total. The van der Waals surface area contributed by atoms with Gasteiger partial charge >= 0.3 is 24.2 Å². The Hall–Kier alpha value is -10.2. The molecule has 34 heteroatoms. The van der Waals surface area contributed by atoms with Crippen molar-refractivity contribution >= 4 is 110 Å². The fourth-order valence-corrected chi connectivity index (χ4v) is 11.0. The molecule has 3 aromatic carbocycles. The molecule has 2 aliphatic rings. The summed E-state index contributed by atoms with van der Waals surface area (Å²) >= 11 is 6.57. The Morgan fingerprint density at radius 3 is 1.93 bits per heavy atom. The lowest BCUT2D eigenvalue weighted by Crippen LogP contribution is -2.54. The number of carbonyl (C=O) groups excluding carboxylic acids is 11. The first kappa shape index (κ1) is 78.1.